The Morgan fingerprint density at radius 1 is 1.24 bits per heavy atom. The van der Waals surface area contributed by atoms with Gasteiger partial charge in [-0.1, -0.05) is 6.07 Å². The van der Waals surface area contributed by atoms with Crippen LogP contribution in [0.15, 0.2) is 18.2 Å². The van der Waals surface area contributed by atoms with Crippen molar-refractivity contribution in [3.63, 3.8) is 0 Å². The van der Waals surface area contributed by atoms with E-state index in [1.54, 1.807) is 0 Å². The molecule has 2 rings (SSSR count). The van der Waals surface area contributed by atoms with Gasteiger partial charge in [0.25, 0.3) is 0 Å². The second-order valence-corrected chi connectivity index (χ2v) is 5.11. The minimum Gasteiger partial charge on any atom is -0.372 e. The third-order valence-corrected chi connectivity index (χ3v) is 3.88. The van der Waals surface area contributed by atoms with Crippen LogP contribution in [0.3, 0.4) is 0 Å². The van der Waals surface area contributed by atoms with E-state index in [2.05, 4.69) is 42.9 Å². The lowest BCUT2D eigenvalue weighted by molar-refractivity contribution is 0.414. The molecule has 1 aromatic carbocycles. The Balaban J connectivity index is 2.01. The van der Waals surface area contributed by atoms with Crippen LogP contribution in [0.4, 0.5) is 5.69 Å². The van der Waals surface area contributed by atoms with Crippen molar-refractivity contribution >= 4 is 5.69 Å². The molecule has 0 spiro atoms. The van der Waals surface area contributed by atoms with Crippen LogP contribution < -0.4 is 4.90 Å². The van der Waals surface area contributed by atoms with Gasteiger partial charge in [-0.05, 0) is 55.9 Å². The Hall–Kier alpha value is -1.42. The molecule has 1 aliphatic rings. The summed E-state index contributed by atoms with van der Waals surface area (Å²) in [5, 5.41) is 0. The fraction of sp³-hybridized carbons (Fsp3) is 0.500. The van der Waals surface area contributed by atoms with E-state index >= 15 is 0 Å². The highest BCUT2D eigenvalue weighted by molar-refractivity contribution is 5.50. The molecule has 0 aromatic heterocycles. The summed E-state index contributed by atoms with van der Waals surface area (Å²) in [4.78, 5) is 2.49. The van der Waals surface area contributed by atoms with Crippen molar-refractivity contribution < 1.29 is 0 Å². The van der Waals surface area contributed by atoms with Crippen molar-refractivity contribution in [3.8, 4) is 12.3 Å². The summed E-state index contributed by atoms with van der Waals surface area (Å²) in [7, 11) is 0. The molecule has 0 unspecified atom stereocenters. The fourth-order valence-electron chi connectivity index (χ4n) is 2.48. The van der Waals surface area contributed by atoms with Gasteiger partial charge in [0.1, 0.15) is 0 Å². The lowest BCUT2D eigenvalue weighted by Crippen LogP contribution is -2.33. The van der Waals surface area contributed by atoms with Crippen molar-refractivity contribution in [2.45, 2.75) is 33.1 Å². The average Bonchev–Trinajstić information content (AvgIpc) is 2.34. The van der Waals surface area contributed by atoms with Gasteiger partial charge in [-0.15, -0.1) is 12.3 Å². The van der Waals surface area contributed by atoms with E-state index in [0.717, 1.165) is 25.4 Å². The third-order valence-electron chi connectivity index (χ3n) is 3.88. The summed E-state index contributed by atoms with van der Waals surface area (Å²) in [6.45, 7) is 6.64. The molecule has 1 saturated heterocycles. The molecule has 1 heterocycles. The second-order valence-electron chi connectivity index (χ2n) is 5.11. The second kappa shape index (κ2) is 5.27. The van der Waals surface area contributed by atoms with Gasteiger partial charge in [-0.2, -0.15) is 0 Å². The fourth-order valence-corrected chi connectivity index (χ4v) is 2.48. The first kappa shape index (κ1) is 12.0. The number of hydrogen-bond donors (Lipinski definition) is 0. The van der Waals surface area contributed by atoms with Gasteiger partial charge >= 0.3 is 0 Å². The van der Waals surface area contributed by atoms with Crippen molar-refractivity contribution in [2.24, 2.45) is 5.92 Å². The van der Waals surface area contributed by atoms with Gasteiger partial charge in [0.05, 0.1) is 0 Å². The van der Waals surface area contributed by atoms with Gasteiger partial charge in [0.2, 0.25) is 0 Å². The lowest BCUT2D eigenvalue weighted by Gasteiger charge is -2.33. The van der Waals surface area contributed by atoms with Crippen LogP contribution >= 0.6 is 0 Å². The van der Waals surface area contributed by atoms with Crippen LogP contribution in [0.25, 0.3) is 0 Å². The molecule has 0 N–H and O–H groups in total. The summed E-state index contributed by atoms with van der Waals surface area (Å²) < 4.78 is 0. The molecule has 1 nitrogen and oxygen atoms in total. The molecule has 1 heteroatoms. The third kappa shape index (κ3) is 2.82. The number of nitrogens with zero attached hydrogens (tertiary/aromatic N) is 1. The first-order valence-electron chi connectivity index (χ1n) is 6.46. The summed E-state index contributed by atoms with van der Waals surface area (Å²) >= 11 is 0. The standard InChI is InChI=1S/C16H21N/c1-4-5-15-8-10-17(11-9-15)16-7-6-13(2)14(3)12-16/h1,6-7,12,15H,5,8-11H2,2-3H3. The zero-order valence-electron chi connectivity index (χ0n) is 10.9. The van der Waals surface area contributed by atoms with E-state index in [4.69, 9.17) is 6.42 Å². The number of benzene rings is 1. The molecule has 1 fully saturated rings. The normalized spacial score (nSPS) is 16.9. The molecular weight excluding hydrogens is 206 g/mol. The maximum Gasteiger partial charge on any atom is 0.0369 e. The predicted molar refractivity (Wildman–Crippen MR) is 74.3 cm³/mol. The summed E-state index contributed by atoms with van der Waals surface area (Å²) in [5.41, 5.74) is 4.12. The van der Waals surface area contributed by atoms with Gasteiger partial charge in [-0.3, -0.25) is 0 Å². The van der Waals surface area contributed by atoms with Crippen molar-refractivity contribution in [2.75, 3.05) is 18.0 Å². The highest BCUT2D eigenvalue weighted by Gasteiger charge is 2.18. The molecule has 1 aromatic rings. The monoisotopic (exact) mass is 227 g/mol. The van der Waals surface area contributed by atoms with Crippen molar-refractivity contribution in [1.29, 1.82) is 0 Å². The van der Waals surface area contributed by atoms with Gasteiger partial charge in [-0.25, -0.2) is 0 Å². The first-order chi connectivity index (χ1) is 8.20. The summed E-state index contributed by atoms with van der Waals surface area (Å²) in [6.07, 6.45) is 8.79. The summed E-state index contributed by atoms with van der Waals surface area (Å²) in [6, 6.07) is 6.76. The minimum atomic E-state index is 0.739. The molecule has 0 radical (unpaired) electrons. The van der Waals surface area contributed by atoms with Crippen molar-refractivity contribution in [1.82, 2.24) is 0 Å². The maximum absolute atomic E-state index is 5.38. The largest absolute Gasteiger partial charge is 0.372 e. The smallest absolute Gasteiger partial charge is 0.0369 e. The van der Waals surface area contributed by atoms with E-state index < -0.39 is 0 Å². The molecule has 17 heavy (non-hydrogen) atoms. The van der Waals surface area contributed by atoms with Crippen LogP contribution in [0.2, 0.25) is 0 Å². The van der Waals surface area contributed by atoms with Crippen LogP contribution in [0.1, 0.15) is 30.4 Å². The minimum absolute atomic E-state index is 0.739. The number of terminal acetylenes is 1. The molecule has 0 amide bonds. The Bertz CT molecular complexity index is 420. The average molecular weight is 227 g/mol. The SMILES string of the molecule is C#CCC1CCN(c2ccc(C)c(C)c2)CC1. The van der Waals surface area contributed by atoms with E-state index in [9.17, 15) is 0 Å². The number of hydrogen-bond acceptors (Lipinski definition) is 1. The van der Waals surface area contributed by atoms with Crippen LogP contribution in [0, 0.1) is 32.1 Å². The molecule has 1 aliphatic heterocycles. The number of anilines is 1. The zero-order valence-corrected chi connectivity index (χ0v) is 10.9. The Kier molecular flexibility index (Phi) is 3.74. The highest BCUT2D eigenvalue weighted by Crippen LogP contribution is 2.26. The Labute approximate surface area is 105 Å². The van der Waals surface area contributed by atoms with E-state index in [-0.39, 0.29) is 0 Å². The molecule has 0 atom stereocenters. The molecule has 0 saturated carbocycles. The predicted octanol–water partition coefficient (Wildman–Crippen LogP) is 3.54. The van der Waals surface area contributed by atoms with Crippen LogP contribution in [0.5, 0.6) is 0 Å². The Morgan fingerprint density at radius 2 is 1.94 bits per heavy atom. The van der Waals surface area contributed by atoms with Crippen LogP contribution in [-0.4, -0.2) is 13.1 Å². The van der Waals surface area contributed by atoms with Gasteiger partial charge in [0, 0.05) is 25.2 Å². The highest BCUT2D eigenvalue weighted by atomic mass is 15.1. The lowest BCUT2D eigenvalue weighted by atomic mass is 9.93. The molecule has 0 aliphatic carbocycles. The zero-order chi connectivity index (χ0) is 12.3. The molecule has 0 bridgehead atoms. The number of rotatable bonds is 2. The first-order valence-corrected chi connectivity index (χ1v) is 6.46. The topological polar surface area (TPSA) is 3.24 Å². The maximum atomic E-state index is 5.38. The Morgan fingerprint density at radius 3 is 2.53 bits per heavy atom. The van der Waals surface area contributed by atoms with Gasteiger partial charge < -0.3 is 4.90 Å². The number of aryl methyl sites for hydroxylation is 2. The summed E-state index contributed by atoms with van der Waals surface area (Å²) in [5.74, 6) is 3.53. The quantitative estimate of drug-likeness (QED) is 0.698. The van der Waals surface area contributed by atoms with Crippen LogP contribution in [-0.2, 0) is 0 Å². The van der Waals surface area contributed by atoms with E-state index in [0.29, 0.717) is 0 Å². The molecule has 90 valence electrons. The number of piperidine rings is 1. The molecular formula is C16H21N. The van der Waals surface area contributed by atoms with Crippen molar-refractivity contribution in [3.05, 3.63) is 29.3 Å². The van der Waals surface area contributed by atoms with E-state index in [1.165, 1.54) is 29.7 Å². The van der Waals surface area contributed by atoms with Gasteiger partial charge in [0.15, 0.2) is 0 Å². The van der Waals surface area contributed by atoms with E-state index in [1.807, 2.05) is 0 Å².